The van der Waals surface area contributed by atoms with Crippen molar-refractivity contribution < 1.29 is 59.3 Å². The van der Waals surface area contributed by atoms with Gasteiger partial charge in [0, 0.05) is 12.8 Å². The number of hydrogen-bond donors (Lipinski definition) is 2. The maximum atomic E-state index is 11.6. The molecule has 0 fully saturated rings. The Hall–Kier alpha value is -0.270. The quantitative estimate of drug-likeness (QED) is 0.235. The molecule has 0 aliphatic heterocycles. The maximum absolute atomic E-state index is 11.6. The number of carbonyl (C=O) groups is 3. The van der Waals surface area contributed by atoms with Crippen molar-refractivity contribution in [3.05, 3.63) is 0 Å². The largest absolute Gasteiger partial charge is 1.00 e. The monoisotopic (exact) mass is 310 g/mol. The van der Waals surface area contributed by atoms with Crippen LogP contribution in [0.15, 0.2) is 0 Å². The molecule has 7 heteroatoms. The first-order valence-corrected chi connectivity index (χ1v) is 6.93. The van der Waals surface area contributed by atoms with E-state index in [0.717, 1.165) is 32.6 Å². The molecule has 0 aromatic carbocycles. The number of aliphatic hydroxyl groups excluding tert-OH is 1. The zero-order chi connectivity index (χ0) is 15.8. The Morgan fingerprint density at radius 3 is 2.10 bits per heavy atom. The van der Waals surface area contributed by atoms with E-state index in [-0.39, 0.29) is 36.0 Å². The molecule has 0 amide bonds. The van der Waals surface area contributed by atoms with Gasteiger partial charge >= 0.3 is 29.6 Å². The van der Waals surface area contributed by atoms with Crippen LogP contribution in [0.3, 0.4) is 0 Å². The fourth-order valence-corrected chi connectivity index (χ4v) is 1.90. The first-order chi connectivity index (χ1) is 9.25. The summed E-state index contributed by atoms with van der Waals surface area (Å²) >= 11 is 0. The summed E-state index contributed by atoms with van der Waals surface area (Å²) in [4.78, 5) is 34.0. The summed E-state index contributed by atoms with van der Waals surface area (Å²) in [5.74, 6) is -3.90. The number of ketones is 2. The van der Waals surface area contributed by atoms with Crippen molar-refractivity contribution >= 4 is 17.5 Å². The van der Waals surface area contributed by atoms with Gasteiger partial charge in [-0.3, -0.25) is 9.59 Å². The zero-order valence-corrected chi connectivity index (χ0v) is 15.1. The minimum atomic E-state index is -2.94. The molecule has 6 nitrogen and oxygen atoms in total. The maximum Gasteiger partial charge on any atom is 1.00 e. The first-order valence-electron chi connectivity index (χ1n) is 6.93. The van der Waals surface area contributed by atoms with E-state index in [9.17, 15) is 24.6 Å². The van der Waals surface area contributed by atoms with Crippen LogP contribution in [-0.2, 0) is 14.4 Å². The molecule has 21 heavy (non-hydrogen) atoms. The Labute approximate surface area is 147 Å². The second-order valence-corrected chi connectivity index (χ2v) is 5.07. The molecule has 2 N–H and O–H groups in total. The molecular weight excluding hydrogens is 287 g/mol. The molecule has 2 atom stereocenters. The molecule has 0 spiro atoms. The van der Waals surface area contributed by atoms with Crippen molar-refractivity contribution in [2.45, 2.75) is 70.5 Å². The van der Waals surface area contributed by atoms with E-state index >= 15 is 0 Å². The topological polar surface area (TPSA) is 115 Å². The van der Waals surface area contributed by atoms with Crippen molar-refractivity contribution in [1.29, 1.82) is 0 Å². The average molecular weight is 310 g/mol. The average Bonchev–Trinajstić information content (AvgIpc) is 2.36. The smallest absolute Gasteiger partial charge is 0.546 e. The van der Waals surface area contributed by atoms with E-state index in [2.05, 4.69) is 6.92 Å². The van der Waals surface area contributed by atoms with Gasteiger partial charge < -0.3 is 20.1 Å². The molecule has 0 aliphatic carbocycles. The summed E-state index contributed by atoms with van der Waals surface area (Å²) in [5, 5.41) is 29.7. The van der Waals surface area contributed by atoms with E-state index in [4.69, 9.17) is 5.11 Å². The molecule has 0 rings (SSSR count). The molecule has 0 aromatic heterocycles. The molecule has 2 unspecified atom stereocenters. The number of carbonyl (C=O) groups excluding carboxylic acids is 3. The van der Waals surface area contributed by atoms with Gasteiger partial charge in [-0.25, -0.2) is 0 Å². The van der Waals surface area contributed by atoms with E-state index in [0.29, 0.717) is 6.42 Å². The third kappa shape index (κ3) is 8.07. The van der Waals surface area contributed by atoms with E-state index in [1.807, 2.05) is 0 Å². The summed E-state index contributed by atoms with van der Waals surface area (Å²) in [7, 11) is 0. The third-order valence-corrected chi connectivity index (χ3v) is 3.14. The number of aliphatic carboxylic acids is 1. The first kappa shape index (κ1) is 23.0. The Balaban J connectivity index is 0. The van der Waals surface area contributed by atoms with Gasteiger partial charge in [-0.15, -0.1) is 0 Å². The molecule has 0 aromatic rings. The van der Waals surface area contributed by atoms with Crippen molar-refractivity contribution in [1.82, 2.24) is 0 Å². The minimum absolute atomic E-state index is 0. The van der Waals surface area contributed by atoms with Crippen LogP contribution in [0, 0.1) is 0 Å². The number of Topliss-reactive ketones (excluding diaryl/α,β-unsaturated/α-hetero) is 2. The van der Waals surface area contributed by atoms with Crippen molar-refractivity contribution in [2.75, 3.05) is 0 Å². The van der Waals surface area contributed by atoms with Crippen LogP contribution in [0.2, 0.25) is 0 Å². The van der Waals surface area contributed by atoms with Crippen LogP contribution in [-0.4, -0.2) is 39.5 Å². The number of hydrogen-bond acceptors (Lipinski definition) is 6. The van der Waals surface area contributed by atoms with Gasteiger partial charge in [0.15, 0.2) is 11.4 Å². The SMILES string of the molecule is CCCCCCCC(=O)CC(O)(C(=O)[O-])C(=O)C(C)O.[Na+]. The number of rotatable bonds is 11. The van der Waals surface area contributed by atoms with E-state index < -0.39 is 35.7 Å². The normalized spacial score (nSPS) is 14.7. The molecule has 0 saturated heterocycles. The summed E-state index contributed by atoms with van der Waals surface area (Å²) < 4.78 is 0. The zero-order valence-electron chi connectivity index (χ0n) is 13.1. The fraction of sp³-hybridized carbons (Fsp3) is 0.786. The Kier molecular flexibility index (Phi) is 12.4. The molecule has 0 saturated carbocycles. The predicted molar refractivity (Wildman–Crippen MR) is 69.6 cm³/mol. The standard InChI is InChI=1S/C14H24O6.Na/c1-3-4-5-6-7-8-11(16)9-14(20,13(18)19)12(17)10(2)15;/h10,15,20H,3-9H2,1-2H3,(H,18,19);/q;+1/p-1. The second-order valence-electron chi connectivity index (χ2n) is 5.07. The van der Waals surface area contributed by atoms with Gasteiger partial charge in [0.05, 0.1) is 5.97 Å². The Bertz CT molecular complexity index is 355. The van der Waals surface area contributed by atoms with Gasteiger partial charge in [0.2, 0.25) is 0 Å². The second kappa shape index (κ2) is 11.3. The van der Waals surface area contributed by atoms with Crippen LogP contribution >= 0.6 is 0 Å². The van der Waals surface area contributed by atoms with Crippen molar-refractivity contribution in [3.8, 4) is 0 Å². The Morgan fingerprint density at radius 1 is 1.14 bits per heavy atom. The molecule has 116 valence electrons. The minimum Gasteiger partial charge on any atom is -0.546 e. The van der Waals surface area contributed by atoms with Crippen LogP contribution in [0.1, 0.15) is 58.8 Å². The van der Waals surface area contributed by atoms with Crippen LogP contribution < -0.4 is 34.7 Å². The number of unbranched alkanes of at least 4 members (excludes halogenated alkanes) is 4. The third-order valence-electron chi connectivity index (χ3n) is 3.14. The fourth-order valence-electron chi connectivity index (χ4n) is 1.90. The van der Waals surface area contributed by atoms with Crippen molar-refractivity contribution in [2.24, 2.45) is 0 Å². The predicted octanol–water partition coefficient (Wildman–Crippen LogP) is -3.26. The van der Waals surface area contributed by atoms with Crippen LogP contribution in [0.25, 0.3) is 0 Å². The molecule has 0 radical (unpaired) electrons. The molecule has 0 heterocycles. The van der Waals surface area contributed by atoms with E-state index in [1.165, 1.54) is 0 Å². The van der Waals surface area contributed by atoms with Gasteiger partial charge in [0.25, 0.3) is 0 Å². The van der Waals surface area contributed by atoms with Crippen molar-refractivity contribution in [3.63, 3.8) is 0 Å². The molecule has 0 aliphatic rings. The summed E-state index contributed by atoms with van der Waals surface area (Å²) in [6.45, 7) is 3.10. The Morgan fingerprint density at radius 2 is 1.67 bits per heavy atom. The van der Waals surface area contributed by atoms with Crippen LogP contribution in [0.5, 0.6) is 0 Å². The summed E-state index contributed by atoms with van der Waals surface area (Å²) in [6.07, 6.45) is 2.13. The number of carboxylic acid groups (broad SMARTS) is 1. The van der Waals surface area contributed by atoms with Gasteiger partial charge in [0.1, 0.15) is 11.9 Å². The molecular formula is C14H23NaO6. The van der Waals surface area contributed by atoms with E-state index in [1.54, 1.807) is 0 Å². The summed E-state index contributed by atoms with van der Waals surface area (Å²) in [5.41, 5.74) is -2.94. The number of aliphatic hydroxyl groups is 2. The van der Waals surface area contributed by atoms with Gasteiger partial charge in [-0.05, 0) is 13.3 Å². The summed E-state index contributed by atoms with van der Waals surface area (Å²) in [6, 6.07) is 0. The van der Waals surface area contributed by atoms with Crippen LogP contribution in [0.4, 0.5) is 0 Å². The number of carboxylic acids is 1. The van der Waals surface area contributed by atoms with Gasteiger partial charge in [-0.1, -0.05) is 32.6 Å². The van der Waals surface area contributed by atoms with Gasteiger partial charge in [-0.2, -0.15) is 0 Å². The molecule has 0 bridgehead atoms.